The van der Waals surface area contributed by atoms with E-state index in [0.717, 1.165) is 16.7 Å². The predicted octanol–water partition coefficient (Wildman–Crippen LogP) is 4.70. The van der Waals surface area contributed by atoms with Gasteiger partial charge in [-0.25, -0.2) is 0 Å². The Labute approximate surface area is 133 Å². The van der Waals surface area contributed by atoms with Gasteiger partial charge >= 0.3 is 7.60 Å². The first kappa shape index (κ1) is 19.1. The highest BCUT2D eigenvalue weighted by molar-refractivity contribution is 7.55. The van der Waals surface area contributed by atoms with Gasteiger partial charge in [-0.05, 0) is 44.7 Å². The number of carbonyl (C=O) groups excluding carboxylic acids is 1. The van der Waals surface area contributed by atoms with E-state index in [4.69, 9.17) is 9.05 Å². The van der Waals surface area contributed by atoms with E-state index >= 15 is 0 Å². The Hall–Kier alpha value is -0.960. The molecule has 0 bridgehead atoms. The van der Waals surface area contributed by atoms with Gasteiger partial charge in [-0.1, -0.05) is 31.5 Å². The van der Waals surface area contributed by atoms with E-state index in [2.05, 4.69) is 0 Å². The zero-order valence-corrected chi connectivity index (χ0v) is 15.5. The Morgan fingerprint density at radius 3 is 2.05 bits per heavy atom. The van der Waals surface area contributed by atoms with Crippen LogP contribution >= 0.6 is 7.60 Å². The molecule has 1 rings (SSSR count). The summed E-state index contributed by atoms with van der Waals surface area (Å²) in [5, 5.41) is 0. The van der Waals surface area contributed by atoms with Crippen molar-refractivity contribution in [2.75, 3.05) is 13.7 Å². The monoisotopic (exact) mass is 326 g/mol. The van der Waals surface area contributed by atoms with Crippen molar-refractivity contribution in [3.05, 3.63) is 34.4 Å². The fourth-order valence-corrected chi connectivity index (χ4v) is 4.95. The van der Waals surface area contributed by atoms with E-state index in [1.807, 2.05) is 46.8 Å². The Bertz CT molecular complexity index is 569. The van der Waals surface area contributed by atoms with Gasteiger partial charge < -0.3 is 9.05 Å². The number of benzene rings is 1. The van der Waals surface area contributed by atoms with Crippen molar-refractivity contribution >= 4 is 13.4 Å². The van der Waals surface area contributed by atoms with Gasteiger partial charge in [0.25, 0.3) is 0 Å². The first-order chi connectivity index (χ1) is 10.2. The summed E-state index contributed by atoms with van der Waals surface area (Å²) in [5.41, 5.74) is 2.73. The molecule has 0 saturated heterocycles. The summed E-state index contributed by atoms with van der Waals surface area (Å²) in [6.45, 7) is 11.5. The highest BCUT2D eigenvalue weighted by Crippen LogP contribution is 2.56. The van der Waals surface area contributed by atoms with E-state index in [1.165, 1.54) is 7.11 Å². The summed E-state index contributed by atoms with van der Waals surface area (Å²) in [5.74, 6) is -0.312. The van der Waals surface area contributed by atoms with Crippen LogP contribution in [0.3, 0.4) is 0 Å². The molecule has 0 saturated carbocycles. The largest absolute Gasteiger partial charge is 0.341 e. The van der Waals surface area contributed by atoms with E-state index in [0.29, 0.717) is 5.56 Å². The zero-order chi connectivity index (χ0) is 17.1. The number of carbonyl (C=O) groups is 1. The van der Waals surface area contributed by atoms with Gasteiger partial charge in [0, 0.05) is 12.7 Å². The van der Waals surface area contributed by atoms with Crippen molar-refractivity contribution in [2.45, 2.75) is 47.2 Å². The number of ketones is 1. The van der Waals surface area contributed by atoms with Crippen molar-refractivity contribution in [2.24, 2.45) is 5.92 Å². The molecule has 0 heterocycles. The molecule has 2 unspecified atom stereocenters. The lowest BCUT2D eigenvalue weighted by Crippen LogP contribution is -2.29. The summed E-state index contributed by atoms with van der Waals surface area (Å²) in [6.07, 6.45) is 0. The van der Waals surface area contributed by atoms with Crippen LogP contribution in [0.5, 0.6) is 0 Å². The third-order valence-electron chi connectivity index (χ3n) is 3.73. The van der Waals surface area contributed by atoms with Crippen LogP contribution in [-0.2, 0) is 13.6 Å². The number of hydrogen-bond acceptors (Lipinski definition) is 4. The molecule has 0 radical (unpaired) electrons. The molecule has 22 heavy (non-hydrogen) atoms. The van der Waals surface area contributed by atoms with Crippen molar-refractivity contribution in [3.8, 4) is 0 Å². The fraction of sp³-hybridized carbons (Fsp3) is 0.588. The highest BCUT2D eigenvalue weighted by Gasteiger charge is 2.43. The molecule has 1 aromatic rings. The van der Waals surface area contributed by atoms with Crippen LogP contribution in [-0.4, -0.2) is 25.2 Å². The van der Waals surface area contributed by atoms with Gasteiger partial charge in [-0.2, -0.15) is 0 Å². The first-order valence-electron chi connectivity index (χ1n) is 7.60. The molecule has 0 N–H and O–H groups in total. The minimum Gasteiger partial charge on any atom is -0.311 e. The number of hydrogen-bond donors (Lipinski definition) is 0. The van der Waals surface area contributed by atoms with E-state index in [9.17, 15) is 9.36 Å². The van der Waals surface area contributed by atoms with Gasteiger partial charge in [0.2, 0.25) is 0 Å². The molecule has 0 spiro atoms. The second-order valence-electron chi connectivity index (χ2n) is 5.97. The fourth-order valence-electron chi connectivity index (χ4n) is 2.95. The lowest BCUT2D eigenvalue weighted by Gasteiger charge is -2.28. The molecule has 4 nitrogen and oxygen atoms in total. The minimum absolute atomic E-state index is 0.148. The standard InChI is InChI=1S/C17H27O4P/c1-8-21-22(19,20-7)17(11(2)3)16(18)15-13(5)9-12(4)10-14(15)6/h9-11,17H,8H2,1-7H3. The summed E-state index contributed by atoms with van der Waals surface area (Å²) < 4.78 is 23.5. The van der Waals surface area contributed by atoms with Gasteiger partial charge in [0.05, 0.1) is 6.61 Å². The molecule has 0 fully saturated rings. The smallest absolute Gasteiger partial charge is 0.311 e. The number of rotatable bonds is 7. The quantitative estimate of drug-likeness (QED) is 0.538. The second kappa shape index (κ2) is 7.54. The van der Waals surface area contributed by atoms with Crippen molar-refractivity contribution in [3.63, 3.8) is 0 Å². The normalized spacial score (nSPS) is 15.6. The summed E-state index contributed by atoms with van der Waals surface area (Å²) in [4.78, 5) is 13.1. The first-order valence-corrected chi connectivity index (χ1v) is 9.21. The molecule has 0 aromatic heterocycles. The zero-order valence-electron chi connectivity index (χ0n) is 14.6. The maximum Gasteiger partial charge on any atom is 0.341 e. The number of Topliss-reactive ketones (excluding diaryl/α,β-unsaturated/α-hetero) is 1. The van der Waals surface area contributed by atoms with E-state index < -0.39 is 13.3 Å². The second-order valence-corrected chi connectivity index (χ2v) is 8.23. The third kappa shape index (κ3) is 3.87. The average molecular weight is 326 g/mol. The SMILES string of the molecule is CCOP(=O)(OC)C(C(=O)c1c(C)cc(C)cc1C)C(C)C. The Morgan fingerprint density at radius 2 is 1.68 bits per heavy atom. The summed E-state index contributed by atoms with van der Waals surface area (Å²) in [6, 6.07) is 3.94. The molecule has 0 aliphatic heterocycles. The topological polar surface area (TPSA) is 52.6 Å². The molecule has 1 aromatic carbocycles. The van der Waals surface area contributed by atoms with Crippen molar-refractivity contribution in [1.82, 2.24) is 0 Å². The molecular weight excluding hydrogens is 299 g/mol. The molecular formula is C17H27O4P. The third-order valence-corrected chi connectivity index (χ3v) is 6.37. The number of aryl methyl sites for hydroxylation is 3. The summed E-state index contributed by atoms with van der Waals surface area (Å²) >= 11 is 0. The minimum atomic E-state index is -3.49. The van der Waals surface area contributed by atoms with Gasteiger partial charge in [0.15, 0.2) is 5.78 Å². The van der Waals surface area contributed by atoms with Gasteiger partial charge in [-0.3, -0.25) is 9.36 Å². The maximum absolute atomic E-state index is 13.1. The van der Waals surface area contributed by atoms with Crippen LogP contribution in [0.4, 0.5) is 0 Å². The molecule has 124 valence electrons. The molecule has 0 aliphatic rings. The lowest BCUT2D eigenvalue weighted by molar-refractivity contribution is 0.0950. The van der Waals surface area contributed by atoms with Gasteiger partial charge in [-0.15, -0.1) is 0 Å². The maximum atomic E-state index is 13.1. The van der Waals surface area contributed by atoms with Crippen LogP contribution in [0.15, 0.2) is 12.1 Å². The molecule has 0 aliphatic carbocycles. The highest BCUT2D eigenvalue weighted by atomic mass is 31.2. The van der Waals surface area contributed by atoms with Crippen LogP contribution in [0, 0.1) is 26.7 Å². The summed E-state index contributed by atoms with van der Waals surface area (Å²) in [7, 11) is -2.15. The Morgan fingerprint density at radius 1 is 1.18 bits per heavy atom. The van der Waals surface area contributed by atoms with Crippen LogP contribution in [0.2, 0.25) is 0 Å². The average Bonchev–Trinajstić information content (AvgIpc) is 2.37. The van der Waals surface area contributed by atoms with Crippen molar-refractivity contribution in [1.29, 1.82) is 0 Å². The van der Waals surface area contributed by atoms with Crippen molar-refractivity contribution < 1.29 is 18.4 Å². The van der Waals surface area contributed by atoms with E-state index in [-0.39, 0.29) is 18.3 Å². The van der Waals surface area contributed by atoms with Gasteiger partial charge in [0.1, 0.15) is 5.66 Å². The molecule has 2 atom stereocenters. The Balaban J connectivity index is 3.41. The molecule has 5 heteroatoms. The Kier molecular flexibility index (Phi) is 6.54. The molecule has 0 amide bonds. The predicted molar refractivity (Wildman–Crippen MR) is 89.9 cm³/mol. The van der Waals surface area contributed by atoms with Crippen LogP contribution in [0.1, 0.15) is 47.8 Å². The lowest BCUT2D eigenvalue weighted by atomic mass is 9.92. The van der Waals surface area contributed by atoms with Crippen LogP contribution in [0.25, 0.3) is 0 Å². The van der Waals surface area contributed by atoms with E-state index in [1.54, 1.807) is 6.92 Å². The van der Waals surface area contributed by atoms with Crippen LogP contribution < -0.4 is 0 Å².